The number of aliphatic hydroxyl groups is 5. The van der Waals surface area contributed by atoms with Gasteiger partial charge >= 0.3 is 0 Å². The van der Waals surface area contributed by atoms with E-state index in [0.717, 1.165) is 0 Å². The number of ether oxygens (including phenoxy) is 3. The maximum Gasteiger partial charge on any atom is 0.186 e. The van der Waals surface area contributed by atoms with Crippen LogP contribution in [0, 0.1) is 0 Å². The molecule has 2 saturated heterocycles. The Morgan fingerprint density at radius 2 is 1.30 bits per heavy atom. The highest BCUT2D eigenvalue weighted by atomic mass is 16.7. The Labute approximate surface area is 116 Å². The van der Waals surface area contributed by atoms with Crippen LogP contribution in [0.15, 0.2) is 0 Å². The largest absolute Gasteiger partial charge is 0.394 e. The molecule has 0 aromatic rings. The standard InChI is InChI=1S/C12H22O8/c1-18-12-11(17)9(15)6(20-12)3-2-5-8(14)10(16)7(4-13)19-5/h5-17H,2-4H2,1H3/t5-,6-,7-,8-,9-,10-,11+,12+/m1/s1. The second kappa shape index (κ2) is 6.63. The highest BCUT2D eigenvalue weighted by molar-refractivity contribution is 4.92. The van der Waals surface area contributed by atoms with Crippen molar-refractivity contribution in [1.29, 1.82) is 0 Å². The predicted molar refractivity (Wildman–Crippen MR) is 64.7 cm³/mol. The lowest BCUT2D eigenvalue weighted by molar-refractivity contribution is -0.150. The van der Waals surface area contributed by atoms with E-state index in [4.69, 9.17) is 19.3 Å². The van der Waals surface area contributed by atoms with E-state index in [1.165, 1.54) is 7.11 Å². The van der Waals surface area contributed by atoms with Crippen molar-refractivity contribution >= 4 is 0 Å². The number of rotatable bonds is 5. The van der Waals surface area contributed by atoms with Crippen LogP contribution in [-0.2, 0) is 14.2 Å². The van der Waals surface area contributed by atoms with Crippen LogP contribution in [0.3, 0.4) is 0 Å². The molecule has 0 aliphatic carbocycles. The lowest BCUT2D eigenvalue weighted by Gasteiger charge is -2.18. The van der Waals surface area contributed by atoms with Gasteiger partial charge in [-0.1, -0.05) is 0 Å². The van der Waals surface area contributed by atoms with Gasteiger partial charge in [0.25, 0.3) is 0 Å². The van der Waals surface area contributed by atoms with Crippen molar-refractivity contribution in [1.82, 2.24) is 0 Å². The lowest BCUT2D eigenvalue weighted by Crippen LogP contribution is -2.35. The minimum Gasteiger partial charge on any atom is -0.394 e. The van der Waals surface area contributed by atoms with Gasteiger partial charge in [0.2, 0.25) is 0 Å². The third kappa shape index (κ3) is 2.97. The first-order chi connectivity index (χ1) is 9.49. The van der Waals surface area contributed by atoms with E-state index in [-0.39, 0.29) is 6.61 Å². The van der Waals surface area contributed by atoms with Gasteiger partial charge in [0.15, 0.2) is 6.29 Å². The molecule has 2 heterocycles. The van der Waals surface area contributed by atoms with Gasteiger partial charge in [0.05, 0.1) is 18.8 Å². The predicted octanol–water partition coefficient (Wildman–Crippen LogP) is -2.66. The van der Waals surface area contributed by atoms with Gasteiger partial charge < -0.3 is 39.7 Å². The molecule has 5 N–H and O–H groups in total. The van der Waals surface area contributed by atoms with Crippen molar-refractivity contribution in [3.05, 3.63) is 0 Å². The number of hydrogen-bond donors (Lipinski definition) is 5. The number of hydrogen-bond acceptors (Lipinski definition) is 8. The van der Waals surface area contributed by atoms with Crippen LogP contribution in [0.1, 0.15) is 12.8 Å². The molecule has 8 heteroatoms. The molecule has 0 spiro atoms. The van der Waals surface area contributed by atoms with Crippen molar-refractivity contribution in [2.45, 2.75) is 61.9 Å². The molecule has 0 radical (unpaired) electrons. The molecule has 0 saturated carbocycles. The zero-order valence-electron chi connectivity index (χ0n) is 11.2. The van der Waals surface area contributed by atoms with Crippen LogP contribution < -0.4 is 0 Å². The molecule has 2 rings (SSSR count). The number of methoxy groups -OCH3 is 1. The first-order valence-electron chi connectivity index (χ1n) is 6.66. The van der Waals surface area contributed by atoms with Crippen molar-refractivity contribution in [3.63, 3.8) is 0 Å². The highest BCUT2D eigenvalue weighted by Gasteiger charge is 2.45. The minimum absolute atomic E-state index is 0.319. The monoisotopic (exact) mass is 294 g/mol. The Morgan fingerprint density at radius 1 is 0.800 bits per heavy atom. The molecule has 2 aliphatic heterocycles. The average Bonchev–Trinajstić information content (AvgIpc) is 2.88. The summed E-state index contributed by atoms with van der Waals surface area (Å²) >= 11 is 0. The summed E-state index contributed by atoms with van der Waals surface area (Å²) in [5.74, 6) is 0. The molecule has 2 aliphatic rings. The van der Waals surface area contributed by atoms with Crippen molar-refractivity contribution < 1.29 is 39.7 Å². The van der Waals surface area contributed by atoms with Crippen LogP contribution in [0.25, 0.3) is 0 Å². The summed E-state index contributed by atoms with van der Waals surface area (Å²) in [5, 5.41) is 47.8. The summed E-state index contributed by atoms with van der Waals surface area (Å²) in [6.07, 6.45) is -6.71. The summed E-state index contributed by atoms with van der Waals surface area (Å²) in [6.45, 7) is -0.373. The quantitative estimate of drug-likeness (QED) is 0.372. The summed E-state index contributed by atoms with van der Waals surface area (Å²) < 4.78 is 15.6. The highest BCUT2D eigenvalue weighted by Crippen LogP contribution is 2.29. The second-order valence-corrected chi connectivity index (χ2v) is 5.21. The van der Waals surface area contributed by atoms with E-state index in [2.05, 4.69) is 0 Å². The first kappa shape index (κ1) is 16.1. The van der Waals surface area contributed by atoms with Crippen molar-refractivity contribution in [2.24, 2.45) is 0 Å². The smallest absolute Gasteiger partial charge is 0.186 e. The molecule has 0 aromatic heterocycles. The van der Waals surface area contributed by atoms with Crippen LogP contribution in [-0.4, -0.2) is 88.3 Å². The maximum atomic E-state index is 9.80. The van der Waals surface area contributed by atoms with E-state index in [1.807, 2.05) is 0 Å². The average molecular weight is 294 g/mol. The molecule has 20 heavy (non-hydrogen) atoms. The summed E-state index contributed by atoms with van der Waals surface area (Å²) in [7, 11) is 1.37. The van der Waals surface area contributed by atoms with Crippen LogP contribution >= 0.6 is 0 Å². The molecule has 0 amide bonds. The molecule has 118 valence electrons. The molecule has 2 fully saturated rings. The third-order valence-electron chi connectivity index (χ3n) is 3.93. The maximum absolute atomic E-state index is 9.80. The first-order valence-corrected chi connectivity index (χ1v) is 6.66. The van der Waals surface area contributed by atoms with Gasteiger partial charge in [0.1, 0.15) is 30.5 Å². The SMILES string of the molecule is CO[C@H]1O[C@H](CC[C@H]2O[C@H](CO)[C@@H](O)[C@@H]2O)[C@@H](O)[C@@H]1O. The van der Waals surface area contributed by atoms with Crippen LogP contribution in [0.2, 0.25) is 0 Å². The zero-order chi connectivity index (χ0) is 14.9. The van der Waals surface area contributed by atoms with E-state index in [9.17, 15) is 20.4 Å². The molecular weight excluding hydrogens is 272 g/mol. The van der Waals surface area contributed by atoms with Gasteiger partial charge in [-0.25, -0.2) is 0 Å². The Hall–Kier alpha value is -0.320. The lowest BCUT2D eigenvalue weighted by atomic mass is 10.00. The molecule has 8 nitrogen and oxygen atoms in total. The topological polar surface area (TPSA) is 129 Å². The summed E-state index contributed by atoms with van der Waals surface area (Å²) in [6, 6.07) is 0. The van der Waals surface area contributed by atoms with Gasteiger partial charge in [-0.05, 0) is 12.8 Å². The fraction of sp³-hybridized carbons (Fsp3) is 1.00. The zero-order valence-corrected chi connectivity index (χ0v) is 11.2. The van der Waals surface area contributed by atoms with Gasteiger partial charge in [0, 0.05) is 7.11 Å². The van der Waals surface area contributed by atoms with Crippen LogP contribution in [0.5, 0.6) is 0 Å². The van der Waals surface area contributed by atoms with E-state index < -0.39 is 49.0 Å². The minimum atomic E-state index is -1.13. The van der Waals surface area contributed by atoms with Crippen molar-refractivity contribution in [3.8, 4) is 0 Å². The van der Waals surface area contributed by atoms with Gasteiger partial charge in [-0.15, -0.1) is 0 Å². The molecular formula is C12H22O8. The Balaban J connectivity index is 1.84. The van der Waals surface area contributed by atoms with E-state index in [1.54, 1.807) is 0 Å². The second-order valence-electron chi connectivity index (χ2n) is 5.21. The normalized spacial score (nSPS) is 48.9. The van der Waals surface area contributed by atoms with Gasteiger partial charge in [-0.2, -0.15) is 0 Å². The Kier molecular flexibility index (Phi) is 5.32. The molecule has 0 unspecified atom stereocenters. The molecule has 0 bridgehead atoms. The fourth-order valence-electron chi connectivity index (χ4n) is 2.69. The summed E-state index contributed by atoms with van der Waals surface area (Å²) in [4.78, 5) is 0. The fourth-order valence-corrected chi connectivity index (χ4v) is 2.69. The Morgan fingerprint density at radius 3 is 1.75 bits per heavy atom. The summed E-state index contributed by atoms with van der Waals surface area (Å²) in [5.41, 5.74) is 0. The molecule has 8 atom stereocenters. The van der Waals surface area contributed by atoms with Gasteiger partial charge in [-0.3, -0.25) is 0 Å². The van der Waals surface area contributed by atoms with E-state index in [0.29, 0.717) is 12.8 Å². The van der Waals surface area contributed by atoms with Crippen molar-refractivity contribution in [2.75, 3.05) is 13.7 Å². The van der Waals surface area contributed by atoms with E-state index >= 15 is 0 Å². The Bertz CT molecular complexity index is 284. The third-order valence-corrected chi connectivity index (χ3v) is 3.93. The molecule has 0 aromatic carbocycles. The van der Waals surface area contributed by atoms with Crippen LogP contribution in [0.4, 0.5) is 0 Å². The number of aliphatic hydroxyl groups excluding tert-OH is 5.